The van der Waals surface area contributed by atoms with E-state index < -0.39 is 0 Å². The minimum Gasteiger partial charge on any atom is -0.396 e. The van der Waals surface area contributed by atoms with Gasteiger partial charge in [-0.05, 0) is 6.42 Å². The zero-order valence-corrected chi connectivity index (χ0v) is 17.0. The van der Waals surface area contributed by atoms with E-state index in [4.69, 9.17) is 5.11 Å². The zero-order chi connectivity index (χ0) is 18.3. The minimum absolute atomic E-state index is 0.204. The fourth-order valence-corrected chi connectivity index (χ4v) is 2.66. The molecule has 0 bridgehead atoms. The van der Waals surface area contributed by atoms with Gasteiger partial charge in [-0.15, -0.1) is 0 Å². The van der Waals surface area contributed by atoms with E-state index in [0.29, 0.717) is 6.61 Å². The summed E-state index contributed by atoms with van der Waals surface area (Å²) in [7, 11) is 0. The molecule has 0 aliphatic rings. The molecule has 0 amide bonds. The summed E-state index contributed by atoms with van der Waals surface area (Å²) >= 11 is 0. The van der Waals surface area contributed by atoms with Gasteiger partial charge >= 0.3 is 0 Å². The van der Waals surface area contributed by atoms with Crippen molar-refractivity contribution >= 4 is 6.29 Å². The summed E-state index contributed by atoms with van der Waals surface area (Å²) in [6.45, 7) is 6.37. The van der Waals surface area contributed by atoms with Crippen molar-refractivity contribution < 1.29 is 9.90 Å². The SMILES string of the molecule is CC(C)C=O.CCCCCCCCCCCCCCCCCCO. The van der Waals surface area contributed by atoms with Gasteiger partial charge < -0.3 is 9.90 Å². The summed E-state index contributed by atoms with van der Waals surface area (Å²) in [5.41, 5.74) is 0. The van der Waals surface area contributed by atoms with Crippen molar-refractivity contribution in [2.75, 3.05) is 6.61 Å². The molecule has 2 nitrogen and oxygen atoms in total. The quantitative estimate of drug-likeness (QED) is 0.226. The number of aliphatic hydroxyl groups excluding tert-OH is 1. The van der Waals surface area contributed by atoms with E-state index in [9.17, 15) is 4.79 Å². The maximum Gasteiger partial charge on any atom is 0.122 e. The van der Waals surface area contributed by atoms with Crippen molar-refractivity contribution in [3.63, 3.8) is 0 Å². The number of aldehydes is 1. The fourth-order valence-electron chi connectivity index (χ4n) is 2.66. The van der Waals surface area contributed by atoms with Crippen LogP contribution in [0, 0.1) is 5.92 Å². The molecule has 146 valence electrons. The monoisotopic (exact) mass is 342 g/mol. The molecule has 2 heteroatoms. The van der Waals surface area contributed by atoms with Crippen molar-refractivity contribution in [1.29, 1.82) is 0 Å². The van der Waals surface area contributed by atoms with Crippen molar-refractivity contribution in [2.45, 2.75) is 124 Å². The average Bonchev–Trinajstić information content (AvgIpc) is 2.59. The Hall–Kier alpha value is -0.370. The van der Waals surface area contributed by atoms with Crippen LogP contribution in [0.2, 0.25) is 0 Å². The number of aliphatic hydroxyl groups is 1. The molecule has 1 N–H and O–H groups in total. The lowest BCUT2D eigenvalue weighted by Crippen LogP contribution is -1.85. The third-order valence-corrected chi connectivity index (χ3v) is 4.28. The van der Waals surface area contributed by atoms with Gasteiger partial charge in [-0.3, -0.25) is 0 Å². The molecular weight excluding hydrogens is 296 g/mol. The summed E-state index contributed by atoms with van der Waals surface area (Å²) in [6, 6.07) is 0. The summed E-state index contributed by atoms with van der Waals surface area (Å²) in [6.07, 6.45) is 23.1. The van der Waals surface area contributed by atoms with Crippen molar-refractivity contribution in [2.24, 2.45) is 5.92 Å². The van der Waals surface area contributed by atoms with E-state index in [1.807, 2.05) is 13.8 Å². The number of hydrogen-bond donors (Lipinski definition) is 1. The molecule has 0 unspecified atom stereocenters. The molecule has 0 saturated heterocycles. The van der Waals surface area contributed by atoms with Gasteiger partial charge in [0.1, 0.15) is 6.29 Å². The molecule has 0 rings (SSSR count). The molecule has 0 aromatic rings. The Labute approximate surface area is 152 Å². The van der Waals surface area contributed by atoms with Crippen LogP contribution in [0.5, 0.6) is 0 Å². The second kappa shape index (κ2) is 24.9. The number of unbranched alkanes of at least 4 members (excludes halogenated alkanes) is 15. The van der Waals surface area contributed by atoms with Crippen molar-refractivity contribution in [3.8, 4) is 0 Å². The average molecular weight is 343 g/mol. The van der Waals surface area contributed by atoms with Gasteiger partial charge in [0.2, 0.25) is 0 Å². The Kier molecular flexibility index (Phi) is 26.8. The summed E-state index contributed by atoms with van der Waals surface area (Å²) < 4.78 is 0. The molecule has 0 aliphatic heterocycles. The number of carbonyl (C=O) groups excluding carboxylic acids is 1. The van der Waals surface area contributed by atoms with Crippen LogP contribution < -0.4 is 0 Å². The maximum absolute atomic E-state index is 9.50. The summed E-state index contributed by atoms with van der Waals surface area (Å²) in [5, 5.41) is 8.67. The van der Waals surface area contributed by atoms with Gasteiger partial charge in [-0.1, -0.05) is 117 Å². The second-order valence-corrected chi connectivity index (χ2v) is 7.41. The third kappa shape index (κ3) is 29.6. The highest BCUT2D eigenvalue weighted by Crippen LogP contribution is 2.13. The van der Waals surface area contributed by atoms with Crippen LogP contribution in [0.3, 0.4) is 0 Å². The van der Waals surface area contributed by atoms with E-state index in [0.717, 1.165) is 12.7 Å². The first-order chi connectivity index (χ1) is 11.7. The molecule has 0 spiro atoms. The van der Waals surface area contributed by atoms with Crippen LogP contribution in [-0.2, 0) is 4.79 Å². The zero-order valence-electron chi connectivity index (χ0n) is 17.0. The highest BCUT2D eigenvalue weighted by Gasteiger charge is 1.94. The highest BCUT2D eigenvalue weighted by molar-refractivity contribution is 5.51. The van der Waals surface area contributed by atoms with Gasteiger partial charge in [0.15, 0.2) is 0 Å². The lowest BCUT2D eigenvalue weighted by molar-refractivity contribution is -0.110. The number of hydrogen-bond acceptors (Lipinski definition) is 2. The first-order valence-corrected chi connectivity index (χ1v) is 10.7. The predicted molar refractivity (Wildman–Crippen MR) is 108 cm³/mol. The van der Waals surface area contributed by atoms with E-state index in [1.165, 1.54) is 96.3 Å². The van der Waals surface area contributed by atoms with E-state index in [1.54, 1.807) is 0 Å². The number of carbonyl (C=O) groups is 1. The molecule has 0 radical (unpaired) electrons. The molecule has 0 atom stereocenters. The maximum atomic E-state index is 9.50. The summed E-state index contributed by atoms with van der Waals surface area (Å²) in [4.78, 5) is 9.50. The van der Waals surface area contributed by atoms with E-state index in [-0.39, 0.29) is 5.92 Å². The van der Waals surface area contributed by atoms with Crippen LogP contribution in [0.15, 0.2) is 0 Å². The topological polar surface area (TPSA) is 37.3 Å². The van der Waals surface area contributed by atoms with Crippen LogP contribution in [0.25, 0.3) is 0 Å². The fraction of sp³-hybridized carbons (Fsp3) is 0.955. The second-order valence-electron chi connectivity index (χ2n) is 7.41. The van der Waals surface area contributed by atoms with Crippen molar-refractivity contribution in [1.82, 2.24) is 0 Å². The Bertz CT molecular complexity index is 198. The van der Waals surface area contributed by atoms with E-state index >= 15 is 0 Å². The van der Waals surface area contributed by atoms with Crippen LogP contribution in [0.4, 0.5) is 0 Å². The Morgan fingerprint density at radius 1 is 0.625 bits per heavy atom. The van der Waals surface area contributed by atoms with Crippen LogP contribution in [-0.4, -0.2) is 18.0 Å². The molecular formula is C22H46O2. The van der Waals surface area contributed by atoms with Crippen molar-refractivity contribution in [3.05, 3.63) is 0 Å². The van der Waals surface area contributed by atoms with Crippen LogP contribution >= 0.6 is 0 Å². The van der Waals surface area contributed by atoms with Gasteiger partial charge in [-0.25, -0.2) is 0 Å². The normalized spacial score (nSPS) is 10.5. The smallest absolute Gasteiger partial charge is 0.122 e. The lowest BCUT2D eigenvalue weighted by atomic mass is 10.0. The predicted octanol–water partition coefficient (Wildman–Crippen LogP) is 7.08. The molecule has 0 heterocycles. The van der Waals surface area contributed by atoms with Crippen LogP contribution in [0.1, 0.15) is 124 Å². The first kappa shape index (κ1) is 25.9. The third-order valence-electron chi connectivity index (χ3n) is 4.28. The largest absolute Gasteiger partial charge is 0.396 e. The molecule has 0 aliphatic carbocycles. The minimum atomic E-state index is 0.204. The van der Waals surface area contributed by atoms with Gasteiger partial charge in [-0.2, -0.15) is 0 Å². The number of rotatable bonds is 17. The van der Waals surface area contributed by atoms with Gasteiger partial charge in [0, 0.05) is 12.5 Å². The molecule has 0 saturated carbocycles. The standard InChI is InChI=1S/C18H38O.C4H8O/c1-2-3-4-5-6-7-8-9-10-11-12-13-14-15-16-17-18-19;1-4(2)3-5/h19H,2-18H2,1H3;3-4H,1-2H3. The molecule has 0 aromatic carbocycles. The Morgan fingerprint density at radius 2 is 0.875 bits per heavy atom. The molecule has 0 fully saturated rings. The molecule has 24 heavy (non-hydrogen) atoms. The van der Waals surface area contributed by atoms with E-state index in [2.05, 4.69) is 6.92 Å². The van der Waals surface area contributed by atoms with Gasteiger partial charge in [0.05, 0.1) is 0 Å². The Morgan fingerprint density at radius 3 is 1.08 bits per heavy atom. The van der Waals surface area contributed by atoms with Gasteiger partial charge in [0.25, 0.3) is 0 Å². The highest BCUT2D eigenvalue weighted by atomic mass is 16.2. The molecule has 0 aromatic heterocycles. The Balaban J connectivity index is 0. The first-order valence-electron chi connectivity index (χ1n) is 10.7. The lowest BCUT2D eigenvalue weighted by Gasteiger charge is -2.03. The summed E-state index contributed by atoms with van der Waals surface area (Å²) in [5.74, 6) is 0.204.